The summed E-state index contributed by atoms with van der Waals surface area (Å²) in [6, 6.07) is 0. The van der Waals surface area contributed by atoms with Crippen LogP contribution in [0.4, 0.5) is 0 Å². The first-order valence-electron chi connectivity index (χ1n) is 6.09. The van der Waals surface area contributed by atoms with E-state index in [1.54, 1.807) is 0 Å². The van der Waals surface area contributed by atoms with Crippen molar-refractivity contribution < 1.29 is 24.2 Å². The second-order valence-corrected chi connectivity index (χ2v) is 4.75. The number of H-pyrrole nitrogens is 1. The Morgan fingerprint density at radius 2 is 2.15 bits per heavy atom. The zero-order valence-corrected chi connectivity index (χ0v) is 11.1. The Morgan fingerprint density at radius 3 is 2.75 bits per heavy atom. The van der Waals surface area contributed by atoms with E-state index in [4.69, 9.17) is 9.84 Å². The molecule has 1 aromatic rings. The summed E-state index contributed by atoms with van der Waals surface area (Å²) < 4.78 is 4.69. The smallest absolute Gasteiger partial charge is 0.354 e. The Hall–Kier alpha value is -2.38. The van der Waals surface area contributed by atoms with Gasteiger partial charge in [0.25, 0.3) is 5.91 Å². The van der Waals surface area contributed by atoms with Crippen molar-refractivity contribution in [2.45, 2.75) is 6.92 Å². The number of aromatic nitrogens is 2. The highest BCUT2D eigenvalue weighted by Crippen LogP contribution is 2.25. The lowest BCUT2D eigenvalue weighted by Crippen LogP contribution is -2.31. The Bertz CT molecular complexity index is 553. The van der Waals surface area contributed by atoms with E-state index in [0.717, 1.165) is 6.33 Å². The molecule has 1 amide bonds. The molecule has 0 saturated carbocycles. The van der Waals surface area contributed by atoms with Crippen molar-refractivity contribution in [2.75, 3.05) is 20.2 Å². The minimum Gasteiger partial charge on any atom is -0.477 e. The van der Waals surface area contributed by atoms with Gasteiger partial charge in [0, 0.05) is 13.1 Å². The number of ether oxygens (including phenoxy) is 1. The summed E-state index contributed by atoms with van der Waals surface area (Å²) in [5.74, 6) is -2.55. The van der Waals surface area contributed by atoms with Gasteiger partial charge in [-0.2, -0.15) is 0 Å². The molecule has 2 heterocycles. The molecular weight excluding hydrogens is 266 g/mol. The van der Waals surface area contributed by atoms with E-state index in [9.17, 15) is 14.4 Å². The van der Waals surface area contributed by atoms with Crippen LogP contribution in [0.15, 0.2) is 6.33 Å². The molecule has 0 radical (unpaired) electrons. The quantitative estimate of drug-likeness (QED) is 0.753. The van der Waals surface area contributed by atoms with Crippen molar-refractivity contribution in [3.05, 3.63) is 17.7 Å². The molecule has 0 bridgehead atoms. The highest BCUT2D eigenvalue weighted by Gasteiger charge is 2.39. The topological polar surface area (TPSA) is 113 Å². The van der Waals surface area contributed by atoms with E-state index in [0.29, 0.717) is 6.54 Å². The fraction of sp³-hybridized carbons (Fsp3) is 0.500. The number of carbonyl (C=O) groups is 3. The van der Waals surface area contributed by atoms with E-state index < -0.39 is 17.8 Å². The van der Waals surface area contributed by atoms with Crippen LogP contribution in [-0.2, 0) is 9.53 Å². The number of hydrogen-bond acceptors (Lipinski definition) is 5. The van der Waals surface area contributed by atoms with Crippen LogP contribution >= 0.6 is 0 Å². The van der Waals surface area contributed by atoms with Crippen LogP contribution in [0.25, 0.3) is 0 Å². The predicted octanol–water partition coefficient (Wildman–Crippen LogP) is -0.0110. The molecule has 2 atom stereocenters. The fourth-order valence-electron chi connectivity index (χ4n) is 2.36. The number of amides is 1. The number of imidazole rings is 1. The minimum absolute atomic E-state index is 0.0429. The zero-order valence-electron chi connectivity index (χ0n) is 11.1. The van der Waals surface area contributed by atoms with Crippen LogP contribution in [0.5, 0.6) is 0 Å². The van der Waals surface area contributed by atoms with Crippen molar-refractivity contribution >= 4 is 17.8 Å². The van der Waals surface area contributed by atoms with Gasteiger partial charge in [0.05, 0.1) is 19.4 Å². The van der Waals surface area contributed by atoms with Crippen molar-refractivity contribution in [1.82, 2.24) is 14.9 Å². The summed E-state index contributed by atoms with van der Waals surface area (Å²) in [6.45, 7) is 2.42. The van der Waals surface area contributed by atoms with Gasteiger partial charge in [-0.15, -0.1) is 0 Å². The van der Waals surface area contributed by atoms with E-state index in [1.807, 2.05) is 6.92 Å². The lowest BCUT2D eigenvalue weighted by Gasteiger charge is -2.14. The molecule has 0 aliphatic carbocycles. The number of likely N-dealkylation sites (tertiary alicyclic amines) is 1. The molecule has 0 spiro atoms. The third-order valence-corrected chi connectivity index (χ3v) is 3.46. The monoisotopic (exact) mass is 281 g/mol. The van der Waals surface area contributed by atoms with E-state index in [2.05, 4.69) is 9.97 Å². The largest absolute Gasteiger partial charge is 0.477 e. The third kappa shape index (κ3) is 2.36. The second kappa shape index (κ2) is 5.32. The molecule has 108 valence electrons. The van der Waals surface area contributed by atoms with Crippen molar-refractivity contribution in [3.8, 4) is 0 Å². The van der Waals surface area contributed by atoms with E-state index >= 15 is 0 Å². The fourth-order valence-corrected chi connectivity index (χ4v) is 2.36. The molecule has 1 saturated heterocycles. The number of rotatable bonds is 3. The Kier molecular flexibility index (Phi) is 3.73. The summed E-state index contributed by atoms with van der Waals surface area (Å²) in [6.07, 6.45) is 1.16. The molecule has 0 aromatic carbocycles. The lowest BCUT2D eigenvalue weighted by molar-refractivity contribution is -0.146. The van der Waals surface area contributed by atoms with Crippen LogP contribution in [-0.4, -0.2) is 58.0 Å². The van der Waals surface area contributed by atoms with Gasteiger partial charge in [0.15, 0.2) is 11.4 Å². The van der Waals surface area contributed by atoms with Gasteiger partial charge in [-0.3, -0.25) is 9.59 Å². The van der Waals surface area contributed by atoms with Gasteiger partial charge in [-0.05, 0) is 5.92 Å². The molecule has 2 rings (SSSR count). The summed E-state index contributed by atoms with van der Waals surface area (Å²) >= 11 is 0. The molecule has 1 aliphatic rings. The maximum Gasteiger partial charge on any atom is 0.354 e. The highest BCUT2D eigenvalue weighted by atomic mass is 16.5. The molecule has 20 heavy (non-hydrogen) atoms. The molecule has 8 nitrogen and oxygen atoms in total. The number of hydrogen-bond donors (Lipinski definition) is 2. The Balaban J connectivity index is 2.17. The normalized spacial score (nSPS) is 21.8. The van der Waals surface area contributed by atoms with Crippen LogP contribution < -0.4 is 0 Å². The number of aromatic carboxylic acids is 1. The van der Waals surface area contributed by atoms with Crippen LogP contribution in [0.1, 0.15) is 27.9 Å². The summed E-state index contributed by atoms with van der Waals surface area (Å²) in [5.41, 5.74) is -0.389. The number of aromatic amines is 1. The minimum atomic E-state index is -1.25. The Morgan fingerprint density at radius 1 is 1.45 bits per heavy atom. The number of carboxylic acid groups (broad SMARTS) is 1. The Labute approximate surface area is 114 Å². The summed E-state index contributed by atoms with van der Waals surface area (Å²) in [7, 11) is 1.30. The molecule has 1 aromatic heterocycles. The average Bonchev–Trinajstić information content (AvgIpc) is 3.03. The molecule has 2 N–H and O–H groups in total. The van der Waals surface area contributed by atoms with Crippen LogP contribution in [0.2, 0.25) is 0 Å². The number of esters is 1. The van der Waals surface area contributed by atoms with Gasteiger partial charge in [-0.1, -0.05) is 6.92 Å². The van der Waals surface area contributed by atoms with Crippen molar-refractivity contribution in [1.29, 1.82) is 0 Å². The number of nitrogens with zero attached hydrogens (tertiary/aromatic N) is 2. The third-order valence-electron chi connectivity index (χ3n) is 3.46. The van der Waals surface area contributed by atoms with E-state index in [1.165, 1.54) is 12.0 Å². The van der Waals surface area contributed by atoms with Crippen LogP contribution in [0.3, 0.4) is 0 Å². The number of carbonyl (C=O) groups excluding carboxylic acids is 2. The SMILES string of the molecule is COC(=O)C1CN(C(=O)c2nc[nH]c2C(=O)O)CC1C. The molecular formula is C12H15N3O5. The molecule has 8 heteroatoms. The second-order valence-electron chi connectivity index (χ2n) is 4.75. The average molecular weight is 281 g/mol. The lowest BCUT2D eigenvalue weighted by atomic mass is 9.99. The van der Waals surface area contributed by atoms with Crippen LogP contribution in [0, 0.1) is 11.8 Å². The molecule has 2 unspecified atom stereocenters. The first-order chi connectivity index (χ1) is 9.45. The number of carboxylic acids is 1. The van der Waals surface area contributed by atoms with Gasteiger partial charge in [0.2, 0.25) is 0 Å². The van der Waals surface area contributed by atoms with Gasteiger partial charge in [0.1, 0.15) is 0 Å². The van der Waals surface area contributed by atoms with Crippen molar-refractivity contribution in [2.24, 2.45) is 11.8 Å². The first-order valence-corrected chi connectivity index (χ1v) is 6.09. The maximum atomic E-state index is 12.3. The van der Waals surface area contributed by atoms with Gasteiger partial charge < -0.3 is 19.7 Å². The van der Waals surface area contributed by atoms with E-state index in [-0.39, 0.29) is 29.8 Å². The maximum absolute atomic E-state index is 12.3. The first kappa shape index (κ1) is 14.0. The van der Waals surface area contributed by atoms with Crippen molar-refractivity contribution in [3.63, 3.8) is 0 Å². The summed E-state index contributed by atoms with van der Waals surface area (Å²) in [5, 5.41) is 8.96. The highest BCUT2D eigenvalue weighted by molar-refractivity contribution is 6.02. The standard InChI is InChI=1S/C12H15N3O5/c1-6-3-15(4-7(6)12(19)20-2)10(16)8-9(11(17)18)14-5-13-8/h5-7H,3-4H2,1-2H3,(H,13,14)(H,17,18). The molecule has 1 fully saturated rings. The zero-order chi connectivity index (χ0) is 14.9. The predicted molar refractivity (Wildman–Crippen MR) is 66.1 cm³/mol. The summed E-state index contributed by atoms with van der Waals surface area (Å²) in [4.78, 5) is 42.4. The number of nitrogens with one attached hydrogen (secondary N) is 1. The van der Waals surface area contributed by atoms with Gasteiger partial charge in [-0.25, -0.2) is 9.78 Å². The molecule has 1 aliphatic heterocycles. The van der Waals surface area contributed by atoms with Gasteiger partial charge >= 0.3 is 11.9 Å². The number of methoxy groups -OCH3 is 1.